The van der Waals surface area contributed by atoms with E-state index in [-0.39, 0.29) is 5.56 Å². The molecule has 0 saturated heterocycles. The molecule has 4 aromatic rings. The Balaban J connectivity index is 2.38. The van der Waals surface area contributed by atoms with E-state index in [0.29, 0.717) is 10.3 Å². The molecule has 0 spiro atoms. The zero-order valence-electron chi connectivity index (χ0n) is 10.3. The maximum Gasteiger partial charge on any atom is 0.266 e. The lowest BCUT2D eigenvalue weighted by Crippen LogP contribution is -2.04. The largest absolute Gasteiger partial charge is 0.321 e. The maximum atomic E-state index is 12.2. The monoisotopic (exact) mass is 276 g/mol. The Hall–Kier alpha value is -2.64. The molecule has 0 unspecified atom stereocenters. The number of thiophene rings is 1. The van der Waals surface area contributed by atoms with Crippen LogP contribution in [-0.4, -0.2) is 4.98 Å². The van der Waals surface area contributed by atoms with Gasteiger partial charge in [0.15, 0.2) is 0 Å². The fraction of sp³-hybridized carbons (Fsp3) is 0. The van der Waals surface area contributed by atoms with Gasteiger partial charge in [0.05, 0.1) is 11.6 Å². The molecule has 3 nitrogen and oxygen atoms in total. The number of nitrogens with zero attached hydrogens (tertiary/aromatic N) is 1. The van der Waals surface area contributed by atoms with Crippen LogP contribution in [0.5, 0.6) is 0 Å². The van der Waals surface area contributed by atoms with Crippen molar-refractivity contribution in [1.82, 2.24) is 4.98 Å². The Morgan fingerprint density at radius 2 is 1.95 bits per heavy atom. The number of benzene rings is 2. The van der Waals surface area contributed by atoms with Gasteiger partial charge in [0, 0.05) is 26.4 Å². The minimum atomic E-state index is -0.0709. The molecule has 0 aliphatic rings. The number of H-pyrrole nitrogens is 1. The van der Waals surface area contributed by atoms with Crippen LogP contribution in [0.3, 0.4) is 0 Å². The normalized spacial score (nSPS) is 11.2. The van der Waals surface area contributed by atoms with Crippen molar-refractivity contribution >= 4 is 42.4 Å². The van der Waals surface area contributed by atoms with Gasteiger partial charge < -0.3 is 4.98 Å². The zero-order valence-corrected chi connectivity index (χ0v) is 11.1. The molecule has 0 aliphatic carbocycles. The second kappa shape index (κ2) is 3.92. The van der Waals surface area contributed by atoms with Crippen LogP contribution in [0.15, 0.2) is 47.3 Å². The van der Waals surface area contributed by atoms with Gasteiger partial charge in [-0.2, -0.15) is 5.26 Å². The van der Waals surface area contributed by atoms with E-state index in [1.807, 2.05) is 30.3 Å². The Morgan fingerprint density at radius 3 is 2.80 bits per heavy atom. The SMILES string of the molecule is N#Cc1ccc2[nH]c(=O)c3sc4ccccc4c3c2c1. The van der Waals surface area contributed by atoms with Gasteiger partial charge >= 0.3 is 0 Å². The molecule has 94 valence electrons. The van der Waals surface area contributed by atoms with E-state index in [1.54, 1.807) is 12.1 Å². The molecule has 4 heteroatoms. The van der Waals surface area contributed by atoms with Crippen molar-refractivity contribution in [3.8, 4) is 6.07 Å². The number of aromatic amines is 1. The first-order valence-electron chi connectivity index (χ1n) is 6.15. The van der Waals surface area contributed by atoms with E-state index in [1.165, 1.54) is 11.3 Å². The van der Waals surface area contributed by atoms with E-state index < -0.39 is 0 Å². The summed E-state index contributed by atoms with van der Waals surface area (Å²) in [6.07, 6.45) is 0. The quantitative estimate of drug-likeness (QED) is 0.531. The Labute approximate surface area is 117 Å². The van der Waals surface area contributed by atoms with Crippen molar-refractivity contribution in [1.29, 1.82) is 5.26 Å². The van der Waals surface area contributed by atoms with Gasteiger partial charge in [-0.15, -0.1) is 11.3 Å². The zero-order chi connectivity index (χ0) is 13.7. The van der Waals surface area contributed by atoms with Crippen molar-refractivity contribution in [2.45, 2.75) is 0 Å². The van der Waals surface area contributed by atoms with Crippen LogP contribution in [0.1, 0.15) is 5.56 Å². The summed E-state index contributed by atoms with van der Waals surface area (Å²) in [5.74, 6) is 0. The third kappa shape index (κ3) is 1.41. The summed E-state index contributed by atoms with van der Waals surface area (Å²) in [7, 11) is 0. The summed E-state index contributed by atoms with van der Waals surface area (Å²) in [5, 5.41) is 12.0. The minimum absolute atomic E-state index is 0.0709. The molecule has 0 atom stereocenters. The lowest BCUT2D eigenvalue weighted by atomic mass is 10.1. The Morgan fingerprint density at radius 1 is 1.10 bits per heavy atom. The molecule has 2 aromatic heterocycles. The standard InChI is InChI=1S/C16H8N2OS/c17-8-9-5-6-12-11(7-9)14-10-3-1-2-4-13(10)20-15(14)16(19)18-12/h1-7H,(H,18,19). The van der Waals surface area contributed by atoms with Crippen molar-refractivity contribution in [2.24, 2.45) is 0 Å². The van der Waals surface area contributed by atoms with Crippen LogP contribution in [0.25, 0.3) is 31.1 Å². The smallest absolute Gasteiger partial charge is 0.266 e. The highest BCUT2D eigenvalue weighted by atomic mass is 32.1. The van der Waals surface area contributed by atoms with E-state index in [9.17, 15) is 4.79 Å². The van der Waals surface area contributed by atoms with Gasteiger partial charge in [0.2, 0.25) is 0 Å². The Bertz CT molecular complexity index is 1080. The van der Waals surface area contributed by atoms with Gasteiger partial charge in [0.1, 0.15) is 4.70 Å². The van der Waals surface area contributed by atoms with Crippen molar-refractivity contribution in [3.63, 3.8) is 0 Å². The molecule has 0 aliphatic heterocycles. The molecule has 20 heavy (non-hydrogen) atoms. The molecular weight excluding hydrogens is 268 g/mol. The maximum absolute atomic E-state index is 12.2. The Kier molecular flexibility index (Phi) is 2.20. The molecule has 0 fully saturated rings. The molecule has 0 amide bonds. The van der Waals surface area contributed by atoms with Gasteiger partial charge in [-0.3, -0.25) is 4.79 Å². The first kappa shape index (κ1) is 11.2. The van der Waals surface area contributed by atoms with E-state index in [0.717, 1.165) is 26.4 Å². The van der Waals surface area contributed by atoms with Crippen LogP contribution in [0, 0.1) is 11.3 Å². The molecule has 2 aromatic carbocycles. The molecule has 1 N–H and O–H groups in total. The summed E-state index contributed by atoms with van der Waals surface area (Å²) < 4.78 is 1.80. The van der Waals surface area contributed by atoms with E-state index in [4.69, 9.17) is 5.26 Å². The second-order valence-corrected chi connectivity index (χ2v) is 5.68. The van der Waals surface area contributed by atoms with Crippen LogP contribution < -0.4 is 5.56 Å². The number of nitrogens with one attached hydrogen (secondary N) is 1. The number of aromatic nitrogens is 1. The van der Waals surface area contributed by atoms with Gasteiger partial charge in [-0.1, -0.05) is 18.2 Å². The first-order chi connectivity index (χ1) is 9.78. The number of nitriles is 1. The number of hydrogen-bond donors (Lipinski definition) is 1. The predicted octanol–water partition coefficient (Wildman–Crippen LogP) is 3.77. The van der Waals surface area contributed by atoms with Crippen molar-refractivity contribution in [2.75, 3.05) is 0 Å². The second-order valence-electron chi connectivity index (χ2n) is 4.63. The highest BCUT2D eigenvalue weighted by molar-refractivity contribution is 7.25. The number of pyridine rings is 1. The molecule has 0 radical (unpaired) electrons. The highest BCUT2D eigenvalue weighted by Gasteiger charge is 2.12. The number of fused-ring (bicyclic) bond motifs is 5. The van der Waals surface area contributed by atoms with E-state index >= 15 is 0 Å². The molecule has 2 heterocycles. The first-order valence-corrected chi connectivity index (χ1v) is 6.97. The third-order valence-corrected chi connectivity index (χ3v) is 4.64. The fourth-order valence-electron chi connectivity index (χ4n) is 2.58. The van der Waals surface area contributed by atoms with Crippen LogP contribution in [0.2, 0.25) is 0 Å². The average molecular weight is 276 g/mol. The summed E-state index contributed by atoms with van der Waals surface area (Å²) >= 11 is 1.49. The van der Waals surface area contributed by atoms with Gasteiger partial charge in [-0.05, 0) is 24.3 Å². The molecule has 0 bridgehead atoms. The summed E-state index contributed by atoms with van der Waals surface area (Å²) in [6.45, 7) is 0. The molecule has 0 saturated carbocycles. The average Bonchev–Trinajstić information content (AvgIpc) is 2.87. The number of hydrogen-bond acceptors (Lipinski definition) is 3. The van der Waals surface area contributed by atoms with Crippen LogP contribution in [-0.2, 0) is 0 Å². The van der Waals surface area contributed by atoms with Gasteiger partial charge in [0.25, 0.3) is 5.56 Å². The van der Waals surface area contributed by atoms with E-state index in [2.05, 4.69) is 11.1 Å². The summed E-state index contributed by atoms with van der Waals surface area (Å²) in [5.41, 5.74) is 1.30. The summed E-state index contributed by atoms with van der Waals surface area (Å²) in [6, 6.07) is 15.5. The summed E-state index contributed by atoms with van der Waals surface area (Å²) in [4.78, 5) is 15.1. The molecular formula is C16H8N2OS. The lowest BCUT2D eigenvalue weighted by molar-refractivity contribution is 1.35. The third-order valence-electron chi connectivity index (χ3n) is 3.47. The van der Waals surface area contributed by atoms with Gasteiger partial charge in [-0.25, -0.2) is 0 Å². The van der Waals surface area contributed by atoms with Crippen LogP contribution in [0.4, 0.5) is 0 Å². The highest BCUT2D eigenvalue weighted by Crippen LogP contribution is 2.35. The van der Waals surface area contributed by atoms with Crippen LogP contribution >= 0.6 is 11.3 Å². The van der Waals surface area contributed by atoms with Crippen molar-refractivity contribution < 1.29 is 0 Å². The lowest BCUT2D eigenvalue weighted by Gasteiger charge is -2.01. The number of rotatable bonds is 0. The fourth-order valence-corrected chi connectivity index (χ4v) is 3.69. The topological polar surface area (TPSA) is 56.6 Å². The molecule has 4 rings (SSSR count). The predicted molar refractivity (Wildman–Crippen MR) is 82.2 cm³/mol. The minimum Gasteiger partial charge on any atom is -0.321 e. The van der Waals surface area contributed by atoms with Crippen molar-refractivity contribution in [3.05, 3.63) is 58.4 Å².